The highest BCUT2D eigenvalue weighted by molar-refractivity contribution is 7.45. The van der Waals surface area contributed by atoms with Crippen molar-refractivity contribution in [3.05, 3.63) is 85.1 Å². The van der Waals surface area contributed by atoms with Gasteiger partial charge in [-0.15, -0.1) is 0 Å². The average molecular weight is 832 g/mol. The number of unbranched alkanes of at least 4 members (excludes halogenated alkanes) is 11. The van der Waals surface area contributed by atoms with Gasteiger partial charge in [0.1, 0.15) is 19.8 Å². The molecule has 10 heteroatoms. The molecule has 2 atom stereocenters. The molecule has 0 aliphatic rings. The van der Waals surface area contributed by atoms with Crippen LogP contribution in [0.3, 0.4) is 0 Å². The van der Waals surface area contributed by atoms with Crippen LogP contribution in [0.15, 0.2) is 85.1 Å². The highest BCUT2D eigenvalue weighted by Gasteiger charge is 2.21. The number of carbonyl (C=O) groups is 2. The van der Waals surface area contributed by atoms with E-state index in [1.807, 2.05) is 21.1 Å². The number of rotatable bonds is 39. The van der Waals surface area contributed by atoms with Crippen LogP contribution < -0.4 is 4.89 Å². The number of carbonyl (C=O) groups excluding carboxylic acids is 2. The monoisotopic (exact) mass is 832 g/mol. The molecule has 0 aromatic carbocycles. The van der Waals surface area contributed by atoms with Gasteiger partial charge in [0.15, 0.2) is 6.10 Å². The van der Waals surface area contributed by atoms with Crippen molar-refractivity contribution in [1.82, 2.24) is 0 Å². The summed E-state index contributed by atoms with van der Waals surface area (Å²) in [5, 5.41) is 0. The summed E-state index contributed by atoms with van der Waals surface area (Å²) in [4.78, 5) is 37.6. The fraction of sp³-hybridized carbons (Fsp3) is 0.667. The molecule has 0 fully saturated rings. The van der Waals surface area contributed by atoms with Gasteiger partial charge in [-0.2, -0.15) is 0 Å². The van der Waals surface area contributed by atoms with Crippen LogP contribution >= 0.6 is 7.82 Å². The Kier molecular flexibility index (Phi) is 37.7. The van der Waals surface area contributed by atoms with Crippen LogP contribution in [0.4, 0.5) is 0 Å². The Morgan fingerprint density at radius 2 is 0.931 bits per heavy atom. The van der Waals surface area contributed by atoms with Crippen LogP contribution in [-0.4, -0.2) is 70.0 Å². The smallest absolute Gasteiger partial charge is 0.306 e. The van der Waals surface area contributed by atoms with Crippen LogP contribution in [0, 0.1) is 0 Å². The molecule has 0 spiro atoms. The third-order valence-corrected chi connectivity index (χ3v) is 9.87. The average Bonchev–Trinajstić information content (AvgIpc) is 3.17. The molecule has 9 nitrogen and oxygen atoms in total. The van der Waals surface area contributed by atoms with Crippen molar-refractivity contribution < 1.29 is 42.1 Å². The number of hydrogen-bond acceptors (Lipinski definition) is 8. The Balaban J connectivity index is 4.42. The van der Waals surface area contributed by atoms with Crippen molar-refractivity contribution in [2.45, 2.75) is 161 Å². The molecule has 58 heavy (non-hydrogen) atoms. The Morgan fingerprint density at radius 1 is 0.534 bits per heavy atom. The molecule has 0 aliphatic heterocycles. The molecule has 0 heterocycles. The van der Waals surface area contributed by atoms with Gasteiger partial charge in [0.25, 0.3) is 7.82 Å². The van der Waals surface area contributed by atoms with Gasteiger partial charge in [0.2, 0.25) is 0 Å². The molecule has 0 saturated heterocycles. The van der Waals surface area contributed by atoms with Gasteiger partial charge >= 0.3 is 11.9 Å². The molecule has 0 aliphatic carbocycles. The maximum atomic E-state index is 12.7. The Labute approximate surface area is 354 Å². The van der Waals surface area contributed by atoms with E-state index in [-0.39, 0.29) is 26.1 Å². The summed E-state index contributed by atoms with van der Waals surface area (Å²) in [6, 6.07) is 0. The second kappa shape index (κ2) is 39.6. The first-order valence-corrected chi connectivity index (χ1v) is 23.8. The van der Waals surface area contributed by atoms with Gasteiger partial charge in [0, 0.05) is 12.8 Å². The quantitative estimate of drug-likeness (QED) is 0.0198. The highest BCUT2D eigenvalue weighted by atomic mass is 31.2. The second-order valence-electron chi connectivity index (χ2n) is 15.6. The first-order valence-electron chi connectivity index (χ1n) is 22.3. The Hall–Kier alpha value is -2.81. The number of quaternary nitrogens is 1. The van der Waals surface area contributed by atoms with E-state index in [0.717, 1.165) is 96.3 Å². The molecule has 0 bridgehead atoms. The molecular weight excluding hydrogens is 750 g/mol. The minimum Gasteiger partial charge on any atom is -0.756 e. The van der Waals surface area contributed by atoms with E-state index >= 15 is 0 Å². The third kappa shape index (κ3) is 42.8. The van der Waals surface area contributed by atoms with E-state index in [1.54, 1.807) is 0 Å². The topological polar surface area (TPSA) is 111 Å². The summed E-state index contributed by atoms with van der Waals surface area (Å²) in [5.74, 6) is -0.882. The van der Waals surface area contributed by atoms with Crippen molar-refractivity contribution in [2.24, 2.45) is 0 Å². The molecule has 0 aromatic heterocycles. The summed E-state index contributed by atoms with van der Waals surface area (Å²) >= 11 is 0. The molecule has 0 radical (unpaired) electrons. The minimum absolute atomic E-state index is 0.0425. The summed E-state index contributed by atoms with van der Waals surface area (Å²) in [7, 11) is 1.13. The number of phosphoric ester groups is 1. The van der Waals surface area contributed by atoms with Gasteiger partial charge < -0.3 is 27.9 Å². The summed E-state index contributed by atoms with van der Waals surface area (Å²) < 4.78 is 33.9. The molecular formula is C48H82NO8P. The van der Waals surface area contributed by atoms with Crippen LogP contribution in [0.5, 0.6) is 0 Å². The van der Waals surface area contributed by atoms with Crippen LogP contribution in [0.2, 0.25) is 0 Å². The van der Waals surface area contributed by atoms with E-state index in [2.05, 4.69) is 98.9 Å². The van der Waals surface area contributed by atoms with E-state index < -0.39 is 32.5 Å². The molecule has 0 aromatic rings. The largest absolute Gasteiger partial charge is 0.756 e. The predicted molar refractivity (Wildman–Crippen MR) is 240 cm³/mol. The predicted octanol–water partition coefficient (Wildman–Crippen LogP) is 12.2. The molecule has 0 N–H and O–H groups in total. The fourth-order valence-corrected chi connectivity index (χ4v) is 6.21. The molecule has 2 unspecified atom stereocenters. The van der Waals surface area contributed by atoms with Crippen molar-refractivity contribution in [3.63, 3.8) is 0 Å². The van der Waals surface area contributed by atoms with Gasteiger partial charge in [-0.1, -0.05) is 144 Å². The lowest BCUT2D eigenvalue weighted by Crippen LogP contribution is -2.37. The lowest BCUT2D eigenvalue weighted by atomic mass is 10.1. The van der Waals surface area contributed by atoms with E-state index in [4.69, 9.17) is 18.5 Å². The summed E-state index contributed by atoms with van der Waals surface area (Å²) in [6.07, 6.45) is 50.3. The number of hydrogen-bond donors (Lipinski definition) is 0. The maximum absolute atomic E-state index is 12.7. The SMILES string of the molecule is CC/C=C\C/C=C\C/C=C\C/C=C\CCCCCCC(=O)OC(COC(=O)CCCCCCCCC/C=C\C/C=C\C/C=C\CC)COP(=O)([O-])OCC[N+](C)(C)C. The number of allylic oxidation sites excluding steroid dienone is 14. The maximum Gasteiger partial charge on any atom is 0.306 e. The standard InChI is InChI=1S/C48H82NO8P/c1-6-8-10-12-14-16-18-20-22-24-26-28-30-32-34-36-38-40-47(50)54-44-46(45-56-58(52,53)55-43-42-49(3,4)5)57-48(51)41-39-37-35-33-31-29-27-25-23-21-19-17-15-13-11-9-7-2/h8-11,14-17,20-23,27,29,46H,6-7,12-13,18-19,24-26,28,30-45H2,1-5H3/b10-8-,11-9-,16-14-,17-15-,22-20-,23-21-,29-27-. The second-order valence-corrected chi connectivity index (χ2v) is 17.1. The molecule has 0 saturated carbocycles. The molecule has 0 amide bonds. The molecule has 332 valence electrons. The normalized spacial score (nSPS) is 14.4. The first kappa shape index (κ1) is 55.2. The highest BCUT2D eigenvalue weighted by Crippen LogP contribution is 2.38. The van der Waals surface area contributed by atoms with Gasteiger partial charge in [0.05, 0.1) is 27.7 Å². The van der Waals surface area contributed by atoms with E-state index in [1.165, 1.54) is 19.3 Å². The van der Waals surface area contributed by atoms with Crippen molar-refractivity contribution >= 4 is 19.8 Å². The van der Waals surface area contributed by atoms with Crippen LogP contribution in [0.25, 0.3) is 0 Å². The van der Waals surface area contributed by atoms with Crippen molar-refractivity contribution in [2.75, 3.05) is 47.5 Å². The van der Waals surface area contributed by atoms with Gasteiger partial charge in [-0.05, 0) is 83.5 Å². The Morgan fingerprint density at radius 3 is 1.38 bits per heavy atom. The number of phosphoric acid groups is 1. The summed E-state index contributed by atoms with van der Waals surface area (Å²) in [5.41, 5.74) is 0. The number of esters is 2. The zero-order valence-electron chi connectivity index (χ0n) is 37.2. The number of ether oxygens (including phenoxy) is 2. The van der Waals surface area contributed by atoms with E-state index in [9.17, 15) is 19.0 Å². The lowest BCUT2D eigenvalue weighted by molar-refractivity contribution is -0.870. The first-order chi connectivity index (χ1) is 28.0. The zero-order valence-corrected chi connectivity index (χ0v) is 38.1. The minimum atomic E-state index is -4.64. The van der Waals surface area contributed by atoms with Crippen LogP contribution in [0.1, 0.15) is 155 Å². The van der Waals surface area contributed by atoms with Crippen molar-refractivity contribution in [3.8, 4) is 0 Å². The van der Waals surface area contributed by atoms with Crippen LogP contribution in [-0.2, 0) is 32.7 Å². The third-order valence-electron chi connectivity index (χ3n) is 8.91. The Bertz CT molecular complexity index is 1260. The number of nitrogens with zero attached hydrogens (tertiary/aromatic N) is 1. The molecule has 0 rings (SSSR count). The fourth-order valence-electron chi connectivity index (χ4n) is 5.48. The van der Waals surface area contributed by atoms with E-state index in [0.29, 0.717) is 23.9 Å². The zero-order chi connectivity index (χ0) is 42.8. The lowest BCUT2D eigenvalue weighted by Gasteiger charge is -2.28. The number of likely N-dealkylation sites (N-methyl/N-ethyl adjacent to an activating group) is 1. The van der Waals surface area contributed by atoms with Crippen molar-refractivity contribution in [1.29, 1.82) is 0 Å². The van der Waals surface area contributed by atoms with Gasteiger partial charge in [-0.25, -0.2) is 0 Å². The summed E-state index contributed by atoms with van der Waals surface area (Å²) in [6.45, 7) is 3.94. The van der Waals surface area contributed by atoms with Gasteiger partial charge in [-0.3, -0.25) is 14.2 Å².